The monoisotopic (exact) mass is 384 g/mol. The van der Waals surface area contributed by atoms with Crippen LogP contribution in [0.1, 0.15) is 117 Å². The first-order chi connectivity index (χ1) is 13.2. The molecule has 1 heterocycles. The fourth-order valence-corrected chi connectivity index (χ4v) is 3.70. The van der Waals surface area contributed by atoms with Gasteiger partial charge in [-0.2, -0.15) is 0 Å². The van der Waals surface area contributed by atoms with Gasteiger partial charge in [-0.3, -0.25) is 4.79 Å². The number of carbonyl (C=O) groups is 1. The van der Waals surface area contributed by atoms with Crippen LogP contribution >= 0.6 is 0 Å². The molecule has 1 aliphatic heterocycles. The van der Waals surface area contributed by atoms with Gasteiger partial charge < -0.3 is 14.2 Å². The Morgan fingerprint density at radius 1 is 0.704 bits per heavy atom. The van der Waals surface area contributed by atoms with Gasteiger partial charge in [-0.05, 0) is 13.3 Å². The Balaban J connectivity index is 1.87. The van der Waals surface area contributed by atoms with Crippen LogP contribution in [0.15, 0.2) is 0 Å². The number of rotatable bonds is 18. The van der Waals surface area contributed by atoms with Crippen LogP contribution in [0.25, 0.3) is 0 Å². The Bertz CT molecular complexity index is 346. The maximum Gasteiger partial charge on any atom is 0.283 e. The molecule has 0 unspecified atom stereocenters. The third-order valence-electron chi connectivity index (χ3n) is 5.36. The van der Waals surface area contributed by atoms with Gasteiger partial charge >= 0.3 is 0 Å². The number of unbranched alkanes of at least 4 members (excludes halogenated alkanes) is 14. The fraction of sp³-hybridized carbons (Fsp3) is 0.957. The minimum atomic E-state index is -0.973. The number of Topliss-reactive ketones (excluding diaryl/α,β-unsaturated/α-hetero) is 1. The molecule has 0 radical (unpaired) electrons. The first-order valence-corrected chi connectivity index (χ1v) is 11.7. The molecule has 0 aromatic rings. The zero-order valence-corrected chi connectivity index (χ0v) is 18.1. The average molecular weight is 385 g/mol. The van der Waals surface area contributed by atoms with Crippen molar-refractivity contribution in [2.24, 2.45) is 0 Å². The van der Waals surface area contributed by atoms with Gasteiger partial charge in [-0.1, -0.05) is 96.8 Å². The molecule has 1 fully saturated rings. The van der Waals surface area contributed by atoms with E-state index in [4.69, 9.17) is 14.2 Å². The summed E-state index contributed by atoms with van der Waals surface area (Å²) in [5.74, 6) is -0.985. The lowest BCUT2D eigenvalue weighted by molar-refractivity contribution is -0.388. The molecule has 0 atom stereocenters. The second-order valence-corrected chi connectivity index (χ2v) is 7.93. The molecule has 0 spiro atoms. The van der Waals surface area contributed by atoms with Gasteiger partial charge in [0.2, 0.25) is 0 Å². The van der Waals surface area contributed by atoms with E-state index in [2.05, 4.69) is 6.92 Å². The van der Waals surface area contributed by atoms with Gasteiger partial charge in [0.25, 0.3) is 5.97 Å². The summed E-state index contributed by atoms with van der Waals surface area (Å²) < 4.78 is 16.7. The Hall–Kier alpha value is -0.450. The zero-order chi connectivity index (χ0) is 19.6. The molecule has 1 aliphatic rings. The molecule has 0 bridgehead atoms. The first-order valence-electron chi connectivity index (χ1n) is 11.7. The lowest BCUT2D eigenvalue weighted by atomic mass is 10.0. The molecule has 0 aliphatic carbocycles. The Labute approximate surface area is 167 Å². The summed E-state index contributed by atoms with van der Waals surface area (Å²) in [5.41, 5.74) is 0. The third kappa shape index (κ3) is 12.6. The second kappa shape index (κ2) is 16.5. The van der Waals surface area contributed by atoms with Gasteiger partial charge in [0.1, 0.15) is 13.2 Å². The van der Waals surface area contributed by atoms with Crippen LogP contribution in [-0.2, 0) is 19.0 Å². The van der Waals surface area contributed by atoms with E-state index >= 15 is 0 Å². The smallest absolute Gasteiger partial charge is 0.283 e. The third-order valence-corrected chi connectivity index (χ3v) is 5.36. The molecule has 4 heteroatoms. The highest BCUT2D eigenvalue weighted by atomic mass is 16.9. The standard InChI is InChI=1S/C23H44O4/c1-3-5-6-7-8-9-10-11-12-13-14-15-16-17-18-19-23(25-4-2)26-20-22(24)21-27-23/h3-21H2,1-2H3. The van der Waals surface area contributed by atoms with E-state index in [9.17, 15) is 4.79 Å². The number of hydrogen-bond donors (Lipinski definition) is 0. The first kappa shape index (κ1) is 24.6. The van der Waals surface area contributed by atoms with Crippen LogP contribution in [-0.4, -0.2) is 31.6 Å². The summed E-state index contributed by atoms with van der Waals surface area (Å²) >= 11 is 0. The maximum absolute atomic E-state index is 11.3. The topological polar surface area (TPSA) is 44.8 Å². The predicted molar refractivity (Wildman–Crippen MR) is 111 cm³/mol. The van der Waals surface area contributed by atoms with E-state index in [0.29, 0.717) is 13.0 Å². The Kier molecular flexibility index (Phi) is 15.0. The van der Waals surface area contributed by atoms with Crippen LogP contribution in [0, 0.1) is 0 Å². The van der Waals surface area contributed by atoms with Crippen molar-refractivity contribution in [3.05, 3.63) is 0 Å². The highest BCUT2D eigenvalue weighted by molar-refractivity contribution is 5.81. The van der Waals surface area contributed by atoms with Crippen LogP contribution in [0.2, 0.25) is 0 Å². The van der Waals surface area contributed by atoms with Gasteiger partial charge in [-0.15, -0.1) is 0 Å². The predicted octanol–water partition coefficient (Wildman–Crippen LogP) is 6.55. The minimum absolute atomic E-state index is 0.0122. The van der Waals surface area contributed by atoms with Crippen molar-refractivity contribution in [2.75, 3.05) is 19.8 Å². The number of ether oxygens (including phenoxy) is 3. The number of ketones is 1. The number of hydrogen-bond acceptors (Lipinski definition) is 4. The van der Waals surface area contributed by atoms with Crippen LogP contribution < -0.4 is 0 Å². The lowest BCUT2D eigenvalue weighted by Gasteiger charge is -2.35. The summed E-state index contributed by atoms with van der Waals surface area (Å²) in [4.78, 5) is 11.3. The highest BCUT2D eigenvalue weighted by Crippen LogP contribution is 2.26. The Morgan fingerprint density at radius 2 is 1.11 bits per heavy atom. The summed E-state index contributed by atoms with van der Waals surface area (Å²) in [5, 5.41) is 0. The van der Waals surface area contributed by atoms with Crippen molar-refractivity contribution in [3.63, 3.8) is 0 Å². The molecule has 4 nitrogen and oxygen atoms in total. The SMILES string of the molecule is CCCCCCCCCCCCCCCCCC1(OCC)OCC(=O)CO1. The van der Waals surface area contributed by atoms with Gasteiger partial charge in [-0.25, -0.2) is 0 Å². The fourth-order valence-electron chi connectivity index (χ4n) is 3.70. The molecule has 0 N–H and O–H groups in total. The maximum atomic E-state index is 11.3. The molecule has 1 rings (SSSR count). The normalized spacial score (nSPS) is 16.7. The van der Waals surface area contributed by atoms with E-state index in [1.54, 1.807) is 0 Å². The van der Waals surface area contributed by atoms with Gasteiger partial charge in [0.05, 0.1) is 0 Å². The Morgan fingerprint density at radius 3 is 1.52 bits per heavy atom. The molecule has 27 heavy (non-hydrogen) atoms. The van der Waals surface area contributed by atoms with E-state index in [1.807, 2.05) is 6.92 Å². The largest absolute Gasteiger partial charge is 0.328 e. The average Bonchev–Trinajstić information content (AvgIpc) is 2.67. The molecule has 0 saturated carbocycles. The molecular formula is C23H44O4. The van der Waals surface area contributed by atoms with Crippen molar-refractivity contribution in [2.45, 2.75) is 123 Å². The minimum Gasteiger partial charge on any atom is -0.328 e. The molecule has 0 amide bonds. The van der Waals surface area contributed by atoms with E-state index in [1.165, 1.54) is 89.9 Å². The summed E-state index contributed by atoms with van der Waals surface area (Å²) in [6.45, 7) is 4.96. The number of carbonyl (C=O) groups excluding carboxylic acids is 1. The van der Waals surface area contributed by atoms with E-state index in [0.717, 1.165) is 6.42 Å². The molecular weight excluding hydrogens is 340 g/mol. The second-order valence-electron chi connectivity index (χ2n) is 7.93. The summed E-state index contributed by atoms with van der Waals surface area (Å²) in [7, 11) is 0. The molecule has 160 valence electrons. The van der Waals surface area contributed by atoms with Crippen molar-refractivity contribution in [1.29, 1.82) is 0 Å². The van der Waals surface area contributed by atoms with Crippen molar-refractivity contribution in [1.82, 2.24) is 0 Å². The van der Waals surface area contributed by atoms with E-state index in [-0.39, 0.29) is 19.0 Å². The molecule has 1 saturated heterocycles. The quantitative estimate of drug-likeness (QED) is 0.251. The van der Waals surface area contributed by atoms with Crippen molar-refractivity contribution >= 4 is 5.78 Å². The van der Waals surface area contributed by atoms with Crippen molar-refractivity contribution < 1.29 is 19.0 Å². The highest BCUT2D eigenvalue weighted by Gasteiger charge is 2.37. The van der Waals surface area contributed by atoms with Crippen molar-refractivity contribution in [3.8, 4) is 0 Å². The van der Waals surface area contributed by atoms with Crippen LogP contribution in [0.4, 0.5) is 0 Å². The zero-order valence-electron chi connectivity index (χ0n) is 18.1. The van der Waals surface area contributed by atoms with E-state index < -0.39 is 5.97 Å². The van der Waals surface area contributed by atoms with Crippen LogP contribution in [0.5, 0.6) is 0 Å². The molecule has 0 aromatic heterocycles. The summed E-state index contributed by atoms with van der Waals surface area (Å²) in [6, 6.07) is 0. The van der Waals surface area contributed by atoms with Gasteiger partial charge in [0, 0.05) is 13.0 Å². The lowest BCUT2D eigenvalue weighted by Crippen LogP contribution is -2.46. The van der Waals surface area contributed by atoms with Crippen LogP contribution in [0.3, 0.4) is 0 Å². The summed E-state index contributed by atoms with van der Waals surface area (Å²) in [6.07, 6.45) is 21.0. The van der Waals surface area contributed by atoms with Gasteiger partial charge in [0.15, 0.2) is 5.78 Å². The molecule has 0 aromatic carbocycles.